The predicted molar refractivity (Wildman–Crippen MR) is 60.4 cm³/mol. The molecule has 0 radical (unpaired) electrons. The second-order valence-corrected chi connectivity index (χ2v) is 4.48. The molecule has 2 heterocycles. The standard InChI is InChI=1S/C12H13FN2O3/c1-7-5-15(6-8(7)12(17)18)11(16)9-3-2-4-10(13)14-9/h2-4,7-8H,5-6H2,1H3,(H,17,18). The Kier molecular flexibility index (Phi) is 3.27. The van der Waals surface area contributed by atoms with E-state index < -0.39 is 23.7 Å². The summed E-state index contributed by atoms with van der Waals surface area (Å²) >= 11 is 0. The number of likely N-dealkylation sites (tertiary alicyclic amines) is 1. The van der Waals surface area contributed by atoms with E-state index in [9.17, 15) is 14.0 Å². The first-order valence-electron chi connectivity index (χ1n) is 5.63. The first kappa shape index (κ1) is 12.5. The molecule has 1 saturated heterocycles. The van der Waals surface area contributed by atoms with E-state index >= 15 is 0 Å². The summed E-state index contributed by atoms with van der Waals surface area (Å²) in [5.41, 5.74) is 0.00763. The van der Waals surface area contributed by atoms with Crippen molar-refractivity contribution in [2.75, 3.05) is 13.1 Å². The van der Waals surface area contributed by atoms with Crippen LogP contribution in [0.4, 0.5) is 4.39 Å². The Bertz CT molecular complexity index is 492. The van der Waals surface area contributed by atoms with Gasteiger partial charge in [-0.1, -0.05) is 13.0 Å². The van der Waals surface area contributed by atoms with E-state index in [4.69, 9.17) is 5.11 Å². The highest BCUT2D eigenvalue weighted by Gasteiger charge is 2.37. The summed E-state index contributed by atoms with van der Waals surface area (Å²) < 4.78 is 12.9. The van der Waals surface area contributed by atoms with Crippen LogP contribution in [0.15, 0.2) is 18.2 Å². The van der Waals surface area contributed by atoms with E-state index in [1.807, 2.05) is 0 Å². The molecule has 0 saturated carbocycles. The first-order chi connectivity index (χ1) is 8.49. The highest BCUT2D eigenvalue weighted by atomic mass is 19.1. The molecule has 1 amide bonds. The Morgan fingerprint density at radius 1 is 1.44 bits per heavy atom. The molecule has 0 aliphatic carbocycles. The Balaban J connectivity index is 2.14. The van der Waals surface area contributed by atoms with Gasteiger partial charge < -0.3 is 10.0 Å². The molecule has 0 bridgehead atoms. The predicted octanol–water partition coefficient (Wildman–Crippen LogP) is 1.01. The van der Waals surface area contributed by atoms with Crippen molar-refractivity contribution in [3.05, 3.63) is 29.8 Å². The number of pyridine rings is 1. The molecule has 6 heteroatoms. The third-order valence-electron chi connectivity index (χ3n) is 3.15. The second-order valence-electron chi connectivity index (χ2n) is 4.48. The molecule has 96 valence electrons. The number of halogens is 1. The highest BCUT2D eigenvalue weighted by molar-refractivity contribution is 5.93. The summed E-state index contributed by atoms with van der Waals surface area (Å²) in [6, 6.07) is 3.98. The fourth-order valence-electron chi connectivity index (χ4n) is 2.14. The third kappa shape index (κ3) is 2.32. The number of carbonyl (C=O) groups is 2. The molecule has 2 unspecified atom stereocenters. The maximum absolute atomic E-state index is 12.9. The molecular formula is C12H13FN2O3. The summed E-state index contributed by atoms with van der Waals surface area (Å²) in [6.07, 6.45) is 0. The lowest BCUT2D eigenvalue weighted by Crippen LogP contribution is -2.30. The summed E-state index contributed by atoms with van der Waals surface area (Å²) in [5.74, 6) is -2.74. The molecule has 1 aromatic rings. The van der Waals surface area contributed by atoms with E-state index in [0.717, 1.165) is 6.07 Å². The third-order valence-corrected chi connectivity index (χ3v) is 3.15. The van der Waals surface area contributed by atoms with E-state index in [0.29, 0.717) is 6.54 Å². The Morgan fingerprint density at radius 3 is 2.72 bits per heavy atom. The molecule has 1 aromatic heterocycles. The molecule has 1 aliphatic rings. The zero-order valence-electron chi connectivity index (χ0n) is 9.84. The number of amides is 1. The van der Waals surface area contributed by atoms with Crippen LogP contribution >= 0.6 is 0 Å². The lowest BCUT2D eigenvalue weighted by Gasteiger charge is -2.15. The Morgan fingerprint density at radius 2 is 2.17 bits per heavy atom. The van der Waals surface area contributed by atoms with Gasteiger partial charge in [-0.3, -0.25) is 9.59 Å². The van der Waals surface area contributed by atoms with Crippen LogP contribution in [0, 0.1) is 17.8 Å². The van der Waals surface area contributed by atoms with E-state index in [1.54, 1.807) is 6.92 Å². The van der Waals surface area contributed by atoms with Crippen LogP contribution < -0.4 is 0 Å². The average Bonchev–Trinajstić information content (AvgIpc) is 2.70. The molecule has 0 spiro atoms. The van der Waals surface area contributed by atoms with Gasteiger partial charge in [0.1, 0.15) is 5.69 Å². The van der Waals surface area contributed by atoms with E-state index in [2.05, 4.69) is 4.98 Å². The SMILES string of the molecule is CC1CN(C(=O)c2cccc(F)n2)CC1C(=O)O. The van der Waals surface area contributed by atoms with Gasteiger partial charge >= 0.3 is 5.97 Å². The van der Waals surface area contributed by atoms with Gasteiger partial charge in [0.05, 0.1) is 5.92 Å². The number of aliphatic carboxylic acids is 1. The first-order valence-corrected chi connectivity index (χ1v) is 5.63. The van der Waals surface area contributed by atoms with Crippen LogP contribution in [-0.4, -0.2) is 40.0 Å². The lowest BCUT2D eigenvalue weighted by atomic mass is 9.99. The molecule has 18 heavy (non-hydrogen) atoms. The number of carboxylic acids is 1. The number of nitrogens with zero attached hydrogens (tertiary/aromatic N) is 2. The topological polar surface area (TPSA) is 70.5 Å². The Labute approximate surface area is 103 Å². The number of hydrogen-bond donors (Lipinski definition) is 1. The van der Waals surface area contributed by atoms with Gasteiger partial charge in [0.2, 0.25) is 5.95 Å². The normalized spacial score (nSPS) is 23.1. The average molecular weight is 252 g/mol. The summed E-state index contributed by atoms with van der Waals surface area (Å²) in [5, 5.41) is 8.98. The van der Waals surface area contributed by atoms with Gasteiger partial charge in [-0.15, -0.1) is 0 Å². The van der Waals surface area contributed by atoms with Gasteiger partial charge in [-0.2, -0.15) is 4.39 Å². The number of hydrogen-bond acceptors (Lipinski definition) is 3. The Hall–Kier alpha value is -1.98. The van der Waals surface area contributed by atoms with Crippen molar-refractivity contribution in [3.8, 4) is 0 Å². The van der Waals surface area contributed by atoms with Crippen molar-refractivity contribution in [1.82, 2.24) is 9.88 Å². The number of rotatable bonds is 2. The monoisotopic (exact) mass is 252 g/mol. The van der Waals surface area contributed by atoms with Crippen LogP contribution in [-0.2, 0) is 4.79 Å². The zero-order chi connectivity index (χ0) is 13.3. The van der Waals surface area contributed by atoms with Gasteiger partial charge in [0.25, 0.3) is 5.91 Å². The van der Waals surface area contributed by atoms with E-state index in [1.165, 1.54) is 17.0 Å². The van der Waals surface area contributed by atoms with Crippen LogP contribution in [0.1, 0.15) is 17.4 Å². The van der Waals surface area contributed by atoms with Gasteiger partial charge in [0.15, 0.2) is 0 Å². The fourth-order valence-corrected chi connectivity index (χ4v) is 2.14. The smallest absolute Gasteiger partial charge is 0.308 e. The van der Waals surface area contributed by atoms with Gasteiger partial charge in [0, 0.05) is 13.1 Å². The van der Waals surface area contributed by atoms with Crippen LogP contribution in [0.25, 0.3) is 0 Å². The maximum Gasteiger partial charge on any atom is 0.308 e. The number of carboxylic acid groups (broad SMARTS) is 1. The minimum atomic E-state index is -0.912. The van der Waals surface area contributed by atoms with Crippen LogP contribution in [0.5, 0.6) is 0 Å². The number of aromatic nitrogens is 1. The molecular weight excluding hydrogens is 239 g/mol. The van der Waals surface area contributed by atoms with Crippen molar-refractivity contribution in [2.24, 2.45) is 11.8 Å². The molecule has 1 aliphatic heterocycles. The van der Waals surface area contributed by atoms with Crippen LogP contribution in [0.2, 0.25) is 0 Å². The molecule has 1 N–H and O–H groups in total. The number of carbonyl (C=O) groups excluding carboxylic acids is 1. The van der Waals surface area contributed by atoms with Gasteiger partial charge in [-0.05, 0) is 18.1 Å². The second kappa shape index (κ2) is 4.72. The molecule has 5 nitrogen and oxygen atoms in total. The maximum atomic E-state index is 12.9. The van der Waals surface area contributed by atoms with Gasteiger partial charge in [-0.25, -0.2) is 4.98 Å². The van der Waals surface area contributed by atoms with Crippen molar-refractivity contribution >= 4 is 11.9 Å². The van der Waals surface area contributed by atoms with Crippen molar-refractivity contribution in [2.45, 2.75) is 6.92 Å². The molecule has 2 atom stereocenters. The fraction of sp³-hybridized carbons (Fsp3) is 0.417. The minimum absolute atomic E-state index is 0.00763. The summed E-state index contributed by atoms with van der Waals surface area (Å²) in [4.78, 5) is 27.9. The van der Waals surface area contributed by atoms with Crippen molar-refractivity contribution < 1.29 is 19.1 Å². The summed E-state index contributed by atoms with van der Waals surface area (Å²) in [6.45, 7) is 2.28. The molecule has 0 aromatic carbocycles. The van der Waals surface area contributed by atoms with Crippen LogP contribution in [0.3, 0.4) is 0 Å². The molecule has 2 rings (SSSR count). The van der Waals surface area contributed by atoms with Crippen molar-refractivity contribution in [1.29, 1.82) is 0 Å². The quantitative estimate of drug-likeness (QED) is 0.797. The molecule has 1 fully saturated rings. The summed E-state index contributed by atoms with van der Waals surface area (Å²) in [7, 11) is 0. The lowest BCUT2D eigenvalue weighted by molar-refractivity contribution is -0.142. The zero-order valence-corrected chi connectivity index (χ0v) is 9.84. The van der Waals surface area contributed by atoms with E-state index in [-0.39, 0.29) is 18.2 Å². The minimum Gasteiger partial charge on any atom is -0.481 e. The van der Waals surface area contributed by atoms with Crippen molar-refractivity contribution in [3.63, 3.8) is 0 Å². The highest BCUT2D eigenvalue weighted by Crippen LogP contribution is 2.24. The largest absolute Gasteiger partial charge is 0.481 e.